The molecule has 51 valence electrons. The van der Waals surface area contributed by atoms with E-state index in [1.165, 1.54) is 25.7 Å². The van der Waals surface area contributed by atoms with Gasteiger partial charge in [-0.1, -0.05) is 32.6 Å². The second-order valence-electron chi connectivity index (χ2n) is 2.22. The van der Waals surface area contributed by atoms with E-state index >= 15 is 0 Å². The van der Waals surface area contributed by atoms with Crippen LogP contribution in [-0.4, -0.2) is 0 Å². The molecule has 0 spiro atoms. The Hall–Kier alpha value is -0.440. The first-order chi connectivity index (χ1) is 4.41. The van der Waals surface area contributed by atoms with Crippen molar-refractivity contribution in [2.24, 2.45) is 0 Å². The summed E-state index contributed by atoms with van der Waals surface area (Å²) in [6.45, 7) is 3.76. The minimum Gasteiger partial charge on any atom is -0.120 e. The summed E-state index contributed by atoms with van der Waals surface area (Å²) in [6.07, 6.45) is 12.1. The second kappa shape index (κ2) is 7.56. The van der Waals surface area contributed by atoms with E-state index in [9.17, 15) is 0 Å². The average Bonchev–Trinajstić information content (AvgIpc) is 1.89. The highest BCUT2D eigenvalue weighted by molar-refractivity contribution is 4.82. The molecule has 0 N–H and O–H groups in total. The van der Waals surface area contributed by atoms with E-state index in [4.69, 9.17) is 6.42 Å². The molecule has 0 saturated carbocycles. The predicted octanol–water partition coefficient (Wildman–Crippen LogP) is 2.79. The highest BCUT2D eigenvalue weighted by Gasteiger charge is 1.84. The molecular weight excluding hydrogens is 108 g/mol. The number of terminal acetylenes is 1. The highest BCUT2D eigenvalue weighted by Crippen LogP contribution is 2.03. The van der Waals surface area contributed by atoms with E-state index in [0.29, 0.717) is 0 Å². The molecular formula is C9H15. The Labute approximate surface area is 58.7 Å². The van der Waals surface area contributed by atoms with E-state index < -0.39 is 0 Å². The van der Waals surface area contributed by atoms with Crippen LogP contribution in [0.3, 0.4) is 0 Å². The van der Waals surface area contributed by atoms with E-state index in [0.717, 1.165) is 12.8 Å². The van der Waals surface area contributed by atoms with Crippen LogP contribution in [-0.2, 0) is 0 Å². The smallest absolute Gasteiger partial charge is 0.00860 e. The number of hydrogen-bond donors (Lipinski definition) is 0. The highest BCUT2D eigenvalue weighted by atomic mass is 13.9. The van der Waals surface area contributed by atoms with Gasteiger partial charge in [0.25, 0.3) is 0 Å². The maximum atomic E-state index is 5.08. The third-order valence-corrected chi connectivity index (χ3v) is 1.32. The molecule has 0 atom stereocenters. The summed E-state index contributed by atoms with van der Waals surface area (Å²) in [6, 6.07) is 0. The van der Waals surface area contributed by atoms with Gasteiger partial charge < -0.3 is 0 Å². The lowest BCUT2D eigenvalue weighted by Gasteiger charge is -1.93. The van der Waals surface area contributed by atoms with Crippen LogP contribution in [0.15, 0.2) is 0 Å². The Morgan fingerprint density at radius 1 is 1.11 bits per heavy atom. The molecule has 0 rings (SSSR count). The quantitative estimate of drug-likeness (QED) is 0.389. The van der Waals surface area contributed by atoms with Crippen molar-refractivity contribution in [3.05, 3.63) is 6.92 Å². The summed E-state index contributed by atoms with van der Waals surface area (Å²) in [5, 5.41) is 0. The third kappa shape index (κ3) is 7.56. The zero-order valence-corrected chi connectivity index (χ0v) is 6.03. The van der Waals surface area contributed by atoms with Crippen molar-refractivity contribution in [2.45, 2.75) is 38.5 Å². The molecule has 0 nitrogen and oxygen atoms in total. The molecule has 0 aliphatic rings. The Bertz CT molecular complexity index is 76.5. The van der Waals surface area contributed by atoms with Gasteiger partial charge in [-0.25, -0.2) is 0 Å². The molecule has 0 unspecified atom stereocenters. The van der Waals surface area contributed by atoms with Crippen molar-refractivity contribution < 1.29 is 0 Å². The Balaban J connectivity index is 2.69. The van der Waals surface area contributed by atoms with Crippen LogP contribution in [0.5, 0.6) is 0 Å². The van der Waals surface area contributed by atoms with E-state index in [-0.39, 0.29) is 0 Å². The fraction of sp³-hybridized carbons (Fsp3) is 0.667. The first kappa shape index (κ1) is 8.56. The molecule has 0 fully saturated rings. The van der Waals surface area contributed by atoms with Crippen LogP contribution in [0.4, 0.5) is 0 Å². The van der Waals surface area contributed by atoms with Crippen molar-refractivity contribution in [1.29, 1.82) is 0 Å². The average molecular weight is 123 g/mol. The SMILES string of the molecule is C#CCCCCCC[CH2]. The molecule has 0 aromatic heterocycles. The maximum Gasteiger partial charge on any atom is 0.00860 e. The zero-order chi connectivity index (χ0) is 6.95. The van der Waals surface area contributed by atoms with Crippen LogP contribution in [0.1, 0.15) is 38.5 Å². The molecule has 9 heavy (non-hydrogen) atoms. The standard InChI is InChI=1S/C9H15/c1-3-5-7-9-8-6-4-2/h1H,2,4-9H2. The van der Waals surface area contributed by atoms with E-state index in [1.54, 1.807) is 0 Å². The molecule has 1 radical (unpaired) electrons. The molecule has 0 heterocycles. The molecule has 0 aliphatic heterocycles. The minimum absolute atomic E-state index is 0.942. The predicted molar refractivity (Wildman–Crippen MR) is 41.9 cm³/mol. The normalized spacial score (nSPS) is 8.89. The lowest BCUT2D eigenvalue weighted by atomic mass is 10.1. The molecule has 0 heteroatoms. The summed E-state index contributed by atoms with van der Waals surface area (Å²) >= 11 is 0. The molecule has 0 bridgehead atoms. The van der Waals surface area contributed by atoms with Crippen LogP contribution >= 0.6 is 0 Å². The van der Waals surface area contributed by atoms with Gasteiger partial charge in [-0.3, -0.25) is 0 Å². The van der Waals surface area contributed by atoms with Gasteiger partial charge in [0.2, 0.25) is 0 Å². The topological polar surface area (TPSA) is 0 Å². The van der Waals surface area contributed by atoms with Gasteiger partial charge in [0.05, 0.1) is 0 Å². The van der Waals surface area contributed by atoms with Gasteiger partial charge in [0, 0.05) is 6.42 Å². The van der Waals surface area contributed by atoms with Gasteiger partial charge in [-0.2, -0.15) is 0 Å². The first-order valence-electron chi connectivity index (χ1n) is 3.64. The molecule has 0 aliphatic carbocycles. The van der Waals surface area contributed by atoms with Crippen molar-refractivity contribution in [3.63, 3.8) is 0 Å². The summed E-state index contributed by atoms with van der Waals surface area (Å²) in [5.41, 5.74) is 0. The lowest BCUT2D eigenvalue weighted by Crippen LogP contribution is -1.75. The van der Waals surface area contributed by atoms with Crippen molar-refractivity contribution in [2.75, 3.05) is 0 Å². The van der Waals surface area contributed by atoms with Gasteiger partial charge in [0.15, 0.2) is 0 Å². The second-order valence-corrected chi connectivity index (χ2v) is 2.22. The van der Waals surface area contributed by atoms with Gasteiger partial charge >= 0.3 is 0 Å². The molecule has 0 aromatic carbocycles. The molecule has 0 saturated heterocycles. The van der Waals surface area contributed by atoms with Crippen molar-refractivity contribution in [1.82, 2.24) is 0 Å². The summed E-state index contributed by atoms with van der Waals surface area (Å²) in [4.78, 5) is 0. The number of hydrogen-bond acceptors (Lipinski definition) is 0. The van der Waals surface area contributed by atoms with Crippen molar-refractivity contribution >= 4 is 0 Å². The monoisotopic (exact) mass is 123 g/mol. The van der Waals surface area contributed by atoms with E-state index in [2.05, 4.69) is 12.8 Å². The Kier molecular flexibility index (Phi) is 7.19. The largest absolute Gasteiger partial charge is 0.120 e. The maximum absolute atomic E-state index is 5.08. The summed E-state index contributed by atoms with van der Waals surface area (Å²) in [5.74, 6) is 2.63. The van der Waals surface area contributed by atoms with Crippen LogP contribution < -0.4 is 0 Å². The van der Waals surface area contributed by atoms with Gasteiger partial charge in [-0.15, -0.1) is 12.3 Å². The molecule has 0 amide bonds. The lowest BCUT2D eigenvalue weighted by molar-refractivity contribution is 0.656. The first-order valence-corrected chi connectivity index (χ1v) is 3.64. The summed E-state index contributed by atoms with van der Waals surface area (Å²) < 4.78 is 0. The number of unbranched alkanes of at least 4 members (excludes halogenated alkanes) is 5. The third-order valence-electron chi connectivity index (χ3n) is 1.32. The van der Waals surface area contributed by atoms with Gasteiger partial charge in [0.1, 0.15) is 0 Å². The van der Waals surface area contributed by atoms with Gasteiger partial charge in [-0.05, 0) is 6.42 Å². The minimum atomic E-state index is 0.942. The summed E-state index contributed by atoms with van der Waals surface area (Å²) in [7, 11) is 0. The number of rotatable bonds is 5. The van der Waals surface area contributed by atoms with Crippen LogP contribution in [0, 0.1) is 19.3 Å². The van der Waals surface area contributed by atoms with Crippen LogP contribution in [0.25, 0.3) is 0 Å². The Morgan fingerprint density at radius 2 is 1.78 bits per heavy atom. The van der Waals surface area contributed by atoms with E-state index in [1.807, 2.05) is 0 Å². The molecule has 0 aromatic rings. The fourth-order valence-electron chi connectivity index (χ4n) is 0.757. The Morgan fingerprint density at radius 3 is 2.33 bits per heavy atom. The fourth-order valence-corrected chi connectivity index (χ4v) is 0.757. The van der Waals surface area contributed by atoms with Crippen LogP contribution in [0.2, 0.25) is 0 Å². The zero-order valence-electron chi connectivity index (χ0n) is 6.03. The van der Waals surface area contributed by atoms with Crippen molar-refractivity contribution in [3.8, 4) is 12.3 Å².